The maximum atomic E-state index is 12.8. The standard InChI is InChI=1S/C23H31N3O3S/c1-2-3-14-29-17-21(27)16-19(15-18-10-6-4-7-11-18)22(28)25-26-23(30)24-20-12-8-5-9-13-20/h4-13,19,21,27H,2-3,14-17H2,1H3,(H,25,28)(H2,24,26,30)/t19-,21+/m1/s1. The van der Waals surface area contributed by atoms with Crippen LogP contribution in [0.4, 0.5) is 5.69 Å². The van der Waals surface area contributed by atoms with E-state index in [1.165, 1.54) is 0 Å². The van der Waals surface area contributed by atoms with Crippen molar-refractivity contribution < 1.29 is 14.6 Å². The summed E-state index contributed by atoms with van der Waals surface area (Å²) in [5.74, 6) is -0.659. The smallest absolute Gasteiger partial charge is 0.241 e. The van der Waals surface area contributed by atoms with Gasteiger partial charge in [0, 0.05) is 18.2 Å². The number of ether oxygens (including phenoxy) is 1. The van der Waals surface area contributed by atoms with E-state index in [4.69, 9.17) is 17.0 Å². The number of amides is 1. The molecule has 162 valence electrons. The van der Waals surface area contributed by atoms with E-state index in [1.54, 1.807) is 0 Å². The quantitative estimate of drug-likeness (QED) is 0.249. The number of rotatable bonds is 11. The van der Waals surface area contributed by atoms with Crippen molar-refractivity contribution in [1.29, 1.82) is 0 Å². The van der Waals surface area contributed by atoms with Crippen molar-refractivity contribution in [2.24, 2.45) is 5.92 Å². The first kappa shape index (κ1) is 23.8. The minimum atomic E-state index is -0.712. The zero-order valence-corrected chi connectivity index (χ0v) is 18.2. The van der Waals surface area contributed by atoms with Crippen LogP contribution in [0.25, 0.3) is 0 Å². The molecule has 0 radical (unpaired) electrons. The van der Waals surface area contributed by atoms with Gasteiger partial charge in [0.15, 0.2) is 5.11 Å². The summed E-state index contributed by atoms with van der Waals surface area (Å²) >= 11 is 5.23. The molecule has 0 spiro atoms. The molecular weight excluding hydrogens is 398 g/mol. The molecule has 0 aliphatic heterocycles. The Labute approximate surface area is 184 Å². The molecule has 2 aromatic rings. The fourth-order valence-electron chi connectivity index (χ4n) is 2.95. The van der Waals surface area contributed by atoms with Crippen molar-refractivity contribution in [3.8, 4) is 0 Å². The van der Waals surface area contributed by atoms with E-state index in [1.807, 2.05) is 60.7 Å². The predicted molar refractivity (Wildman–Crippen MR) is 124 cm³/mol. The molecule has 0 aromatic heterocycles. The summed E-state index contributed by atoms with van der Waals surface area (Å²) in [7, 11) is 0. The molecule has 2 aromatic carbocycles. The van der Waals surface area contributed by atoms with Gasteiger partial charge in [-0.15, -0.1) is 0 Å². The van der Waals surface area contributed by atoms with Crippen LogP contribution < -0.4 is 16.2 Å². The third-order valence-corrected chi connectivity index (χ3v) is 4.74. The number of hydrogen-bond acceptors (Lipinski definition) is 4. The molecular formula is C23H31N3O3S. The SMILES string of the molecule is CCCCOC[C@@H](O)C[C@@H](Cc1ccccc1)C(=O)NNC(=S)Nc1ccccc1. The third-order valence-electron chi connectivity index (χ3n) is 4.54. The van der Waals surface area contributed by atoms with Crippen molar-refractivity contribution in [3.05, 3.63) is 66.2 Å². The van der Waals surface area contributed by atoms with Crippen molar-refractivity contribution in [2.45, 2.75) is 38.7 Å². The fourth-order valence-corrected chi connectivity index (χ4v) is 3.12. The topological polar surface area (TPSA) is 82.6 Å². The van der Waals surface area contributed by atoms with Gasteiger partial charge in [-0.1, -0.05) is 61.9 Å². The maximum Gasteiger partial charge on any atom is 0.241 e. The van der Waals surface area contributed by atoms with Gasteiger partial charge in [-0.3, -0.25) is 15.6 Å². The highest BCUT2D eigenvalue weighted by Gasteiger charge is 2.23. The Morgan fingerprint density at radius 1 is 1.07 bits per heavy atom. The van der Waals surface area contributed by atoms with Gasteiger partial charge in [0.1, 0.15) is 0 Å². The first-order valence-electron chi connectivity index (χ1n) is 10.3. The lowest BCUT2D eigenvalue weighted by Crippen LogP contribution is -2.47. The lowest BCUT2D eigenvalue weighted by molar-refractivity contribution is -0.127. The molecule has 0 saturated heterocycles. The molecule has 30 heavy (non-hydrogen) atoms. The number of unbranched alkanes of at least 4 members (excludes halogenated alkanes) is 1. The Bertz CT molecular complexity index is 759. The number of nitrogens with one attached hydrogen (secondary N) is 3. The van der Waals surface area contributed by atoms with Crippen LogP contribution in [-0.2, 0) is 16.0 Å². The van der Waals surface area contributed by atoms with Gasteiger partial charge in [-0.05, 0) is 49.2 Å². The van der Waals surface area contributed by atoms with Gasteiger partial charge in [0.25, 0.3) is 0 Å². The van der Waals surface area contributed by atoms with Crippen LogP contribution in [-0.4, -0.2) is 35.4 Å². The molecule has 0 aliphatic carbocycles. The molecule has 4 N–H and O–H groups in total. The van der Waals surface area contributed by atoms with Crippen LogP contribution in [0.3, 0.4) is 0 Å². The zero-order valence-electron chi connectivity index (χ0n) is 17.3. The number of hydrazine groups is 1. The highest BCUT2D eigenvalue weighted by atomic mass is 32.1. The van der Waals surface area contributed by atoms with Crippen molar-refractivity contribution >= 4 is 28.9 Å². The molecule has 0 saturated carbocycles. The van der Waals surface area contributed by atoms with Gasteiger partial charge in [0.2, 0.25) is 5.91 Å². The van der Waals surface area contributed by atoms with Crippen LogP contribution in [0.2, 0.25) is 0 Å². The van der Waals surface area contributed by atoms with Crippen molar-refractivity contribution in [3.63, 3.8) is 0 Å². The first-order chi connectivity index (χ1) is 14.6. The lowest BCUT2D eigenvalue weighted by atomic mass is 9.93. The minimum Gasteiger partial charge on any atom is -0.391 e. The van der Waals surface area contributed by atoms with Gasteiger partial charge < -0.3 is 15.2 Å². The highest BCUT2D eigenvalue weighted by molar-refractivity contribution is 7.80. The Hall–Kier alpha value is -2.48. The molecule has 0 fully saturated rings. The van der Waals surface area contributed by atoms with Crippen molar-refractivity contribution in [2.75, 3.05) is 18.5 Å². The monoisotopic (exact) mass is 429 g/mol. The Balaban J connectivity index is 1.89. The number of para-hydroxylation sites is 1. The number of hydrogen-bond donors (Lipinski definition) is 4. The molecule has 0 aliphatic rings. The first-order valence-corrected chi connectivity index (χ1v) is 10.7. The molecule has 0 heterocycles. The average Bonchev–Trinajstić information content (AvgIpc) is 2.76. The Kier molecular flexibility index (Phi) is 10.9. The van der Waals surface area contributed by atoms with Crippen LogP contribution in [0, 0.1) is 5.92 Å². The number of anilines is 1. The summed E-state index contributed by atoms with van der Waals surface area (Å²) in [4.78, 5) is 12.8. The molecule has 6 nitrogen and oxygen atoms in total. The molecule has 0 unspecified atom stereocenters. The zero-order chi connectivity index (χ0) is 21.6. The summed E-state index contributed by atoms with van der Waals surface area (Å²) in [6.45, 7) is 2.92. The summed E-state index contributed by atoms with van der Waals surface area (Å²) in [5, 5.41) is 13.6. The number of carbonyl (C=O) groups excluding carboxylic acids is 1. The molecule has 7 heteroatoms. The number of carbonyl (C=O) groups is 1. The van der Waals surface area contributed by atoms with Gasteiger partial charge in [-0.25, -0.2) is 0 Å². The van der Waals surface area contributed by atoms with E-state index in [2.05, 4.69) is 23.1 Å². The van der Waals surface area contributed by atoms with Crippen LogP contribution in [0.1, 0.15) is 31.7 Å². The van der Waals surface area contributed by atoms with E-state index >= 15 is 0 Å². The van der Waals surface area contributed by atoms with Gasteiger partial charge in [0.05, 0.1) is 12.7 Å². The Morgan fingerprint density at radius 3 is 2.40 bits per heavy atom. The van der Waals surface area contributed by atoms with Crippen LogP contribution in [0.15, 0.2) is 60.7 Å². The molecule has 2 rings (SSSR count). The second-order valence-corrected chi connectivity index (χ2v) is 7.55. The third kappa shape index (κ3) is 9.35. The van der Waals surface area contributed by atoms with Crippen molar-refractivity contribution in [1.82, 2.24) is 10.9 Å². The maximum absolute atomic E-state index is 12.8. The second-order valence-electron chi connectivity index (χ2n) is 7.14. The second kappa shape index (κ2) is 13.7. The fraction of sp³-hybridized carbons (Fsp3) is 0.391. The number of aliphatic hydroxyl groups is 1. The molecule has 2 atom stereocenters. The van der Waals surface area contributed by atoms with Crippen LogP contribution >= 0.6 is 12.2 Å². The summed E-state index contributed by atoms with van der Waals surface area (Å²) in [5.41, 5.74) is 7.25. The lowest BCUT2D eigenvalue weighted by Gasteiger charge is -2.21. The largest absolute Gasteiger partial charge is 0.391 e. The number of benzene rings is 2. The summed E-state index contributed by atoms with van der Waals surface area (Å²) in [6.07, 6.45) is 2.09. The highest BCUT2D eigenvalue weighted by Crippen LogP contribution is 2.15. The minimum absolute atomic E-state index is 0.222. The van der Waals surface area contributed by atoms with E-state index in [0.717, 1.165) is 24.1 Å². The molecule has 1 amide bonds. The van der Waals surface area contributed by atoms with E-state index in [0.29, 0.717) is 19.4 Å². The van der Waals surface area contributed by atoms with Crippen LogP contribution in [0.5, 0.6) is 0 Å². The van der Waals surface area contributed by atoms with Gasteiger partial charge >= 0.3 is 0 Å². The summed E-state index contributed by atoms with van der Waals surface area (Å²) in [6, 6.07) is 19.2. The van der Waals surface area contributed by atoms with Gasteiger partial charge in [-0.2, -0.15) is 0 Å². The predicted octanol–water partition coefficient (Wildman–Crippen LogP) is 3.43. The summed E-state index contributed by atoms with van der Waals surface area (Å²) < 4.78 is 5.50. The van der Waals surface area contributed by atoms with E-state index < -0.39 is 12.0 Å². The Morgan fingerprint density at radius 2 is 1.73 bits per heavy atom. The normalized spacial score (nSPS) is 12.6. The number of thiocarbonyl (C=S) groups is 1. The number of aliphatic hydroxyl groups excluding tert-OH is 1. The van der Waals surface area contributed by atoms with E-state index in [9.17, 15) is 9.90 Å². The molecule has 0 bridgehead atoms. The average molecular weight is 430 g/mol. The van der Waals surface area contributed by atoms with E-state index in [-0.39, 0.29) is 17.6 Å².